The largest absolute Gasteiger partial charge is 0.298 e. The lowest BCUT2D eigenvalue weighted by Crippen LogP contribution is -2.42. The van der Waals surface area contributed by atoms with E-state index in [9.17, 15) is 4.79 Å². The van der Waals surface area contributed by atoms with E-state index in [-0.39, 0.29) is 0 Å². The minimum Gasteiger partial charge on any atom is -0.298 e. The van der Waals surface area contributed by atoms with Gasteiger partial charge in [-0.3, -0.25) is 9.47 Å². The zero-order valence-electron chi connectivity index (χ0n) is 12.7. The van der Waals surface area contributed by atoms with E-state index in [4.69, 9.17) is 0 Å². The van der Waals surface area contributed by atoms with Gasteiger partial charge in [0.05, 0.1) is 6.21 Å². The minimum atomic E-state index is -1.62. The van der Waals surface area contributed by atoms with Crippen LogP contribution in [0.15, 0.2) is 59.7 Å². The minimum absolute atomic E-state index is 0.678. The summed E-state index contributed by atoms with van der Waals surface area (Å²) in [5.74, 6) is 0. The van der Waals surface area contributed by atoms with E-state index in [2.05, 4.69) is 41.5 Å². The van der Waals surface area contributed by atoms with Gasteiger partial charge in [0.15, 0.2) is 8.24 Å². The first-order valence-electron chi connectivity index (χ1n) is 6.95. The van der Waals surface area contributed by atoms with Crippen molar-refractivity contribution in [3.05, 3.63) is 65.7 Å². The number of carbonyl (C=O) groups excluding carboxylic acids is 1. The zero-order valence-corrected chi connectivity index (χ0v) is 13.7. The fourth-order valence-electron chi connectivity index (χ4n) is 1.98. The number of rotatable bonds is 5. The zero-order chi connectivity index (χ0) is 15.3. The molecular formula is C17H20N2OSi. The number of hydrogen-bond donors (Lipinski definition) is 0. The number of para-hydroxylation sites is 1. The summed E-state index contributed by atoms with van der Waals surface area (Å²) in [5, 5.41) is 4.67. The van der Waals surface area contributed by atoms with Crippen LogP contribution in [0.25, 0.3) is 0 Å². The van der Waals surface area contributed by atoms with Gasteiger partial charge in [-0.2, -0.15) is 5.10 Å². The predicted octanol–water partition coefficient (Wildman–Crippen LogP) is 4.17. The van der Waals surface area contributed by atoms with Crippen LogP contribution in [0.1, 0.15) is 15.9 Å². The molecule has 0 spiro atoms. The van der Waals surface area contributed by atoms with Crippen LogP contribution in [0.5, 0.6) is 0 Å². The topological polar surface area (TPSA) is 32.7 Å². The molecule has 0 aromatic heterocycles. The lowest BCUT2D eigenvalue weighted by molar-refractivity contribution is 0.112. The molecule has 0 N–H and O–H groups in total. The highest BCUT2D eigenvalue weighted by Gasteiger charge is 2.23. The molecule has 0 bridgehead atoms. The summed E-state index contributed by atoms with van der Waals surface area (Å²) >= 11 is 0. The first-order chi connectivity index (χ1) is 10.0. The van der Waals surface area contributed by atoms with Gasteiger partial charge < -0.3 is 0 Å². The van der Waals surface area contributed by atoms with Gasteiger partial charge in [0.25, 0.3) is 0 Å². The van der Waals surface area contributed by atoms with Crippen LogP contribution < -0.4 is 4.67 Å². The molecule has 0 saturated heterocycles. The van der Waals surface area contributed by atoms with Crippen molar-refractivity contribution in [3.63, 3.8) is 0 Å². The van der Waals surface area contributed by atoms with Crippen LogP contribution >= 0.6 is 0 Å². The molecule has 108 valence electrons. The maximum absolute atomic E-state index is 10.7. The van der Waals surface area contributed by atoms with E-state index in [0.717, 1.165) is 17.5 Å². The van der Waals surface area contributed by atoms with Crippen molar-refractivity contribution in [2.45, 2.75) is 19.6 Å². The quantitative estimate of drug-likeness (QED) is 0.359. The molecule has 21 heavy (non-hydrogen) atoms. The van der Waals surface area contributed by atoms with Crippen molar-refractivity contribution in [1.82, 2.24) is 0 Å². The third-order valence-electron chi connectivity index (χ3n) is 3.03. The molecule has 0 saturated carbocycles. The van der Waals surface area contributed by atoms with Gasteiger partial charge in [0, 0.05) is 11.3 Å². The van der Waals surface area contributed by atoms with Crippen LogP contribution in [-0.2, 0) is 0 Å². The van der Waals surface area contributed by atoms with Gasteiger partial charge in [0.1, 0.15) is 6.29 Å². The summed E-state index contributed by atoms with van der Waals surface area (Å²) in [7, 11) is -1.62. The fourth-order valence-corrected chi connectivity index (χ4v) is 3.31. The number of benzene rings is 2. The van der Waals surface area contributed by atoms with Crippen molar-refractivity contribution >= 4 is 26.4 Å². The van der Waals surface area contributed by atoms with Crippen molar-refractivity contribution in [2.24, 2.45) is 5.10 Å². The maximum Gasteiger partial charge on any atom is 0.176 e. The third kappa shape index (κ3) is 4.13. The number of carbonyl (C=O) groups is 1. The highest BCUT2D eigenvalue weighted by molar-refractivity contribution is 6.79. The molecule has 0 aliphatic rings. The average Bonchev–Trinajstić information content (AvgIpc) is 2.48. The van der Waals surface area contributed by atoms with E-state index in [1.807, 2.05) is 36.5 Å². The average molecular weight is 296 g/mol. The number of hydrogen-bond acceptors (Lipinski definition) is 3. The summed E-state index contributed by atoms with van der Waals surface area (Å²) in [6.07, 6.45) is 2.69. The Balaban J connectivity index is 2.26. The molecule has 0 unspecified atom stereocenters. The summed E-state index contributed by atoms with van der Waals surface area (Å²) in [5.41, 5.74) is 2.77. The first kappa shape index (κ1) is 15.2. The number of nitrogens with zero attached hydrogens (tertiary/aromatic N) is 2. The van der Waals surface area contributed by atoms with Crippen LogP contribution in [0.3, 0.4) is 0 Å². The molecule has 0 aliphatic carbocycles. The van der Waals surface area contributed by atoms with Crippen molar-refractivity contribution in [1.29, 1.82) is 0 Å². The Kier molecular flexibility index (Phi) is 4.70. The summed E-state index contributed by atoms with van der Waals surface area (Å²) in [6, 6.07) is 17.6. The van der Waals surface area contributed by atoms with Crippen LogP contribution in [0.2, 0.25) is 19.6 Å². The van der Waals surface area contributed by atoms with Gasteiger partial charge in [-0.15, -0.1) is 0 Å². The second kappa shape index (κ2) is 6.50. The Labute approximate surface area is 127 Å². The molecule has 0 heterocycles. The van der Waals surface area contributed by atoms with Gasteiger partial charge in [-0.25, -0.2) is 0 Å². The summed E-state index contributed by atoms with van der Waals surface area (Å²) < 4.78 is 2.13. The Morgan fingerprint density at radius 2 is 1.48 bits per heavy atom. The Morgan fingerprint density at radius 3 is 2.00 bits per heavy atom. The van der Waals surface area contributed by atoms with E-state index in [1.165, 1.54) is 0 Å². The Morgan fingerprint density at radius 1 is 0.905 bits per heavy atom. The third-order valence-corrected chi connectivity index (χ3v) is 4.68. The van der Waals surface area contributed by atoms with Gasteiger partial charge in [-0.1, -0.05) is 42.5 Å². The number of aldehydes is 1. The molecule has 0 atom stereocenters. The van der Waals surface area contributed by atoms with Crippen molar-refractivity contribution in [3.8, 4) is 0 Å². The van der Waals surface area contributed by atoms with Crippen LogP contribution in [0.4, 0.5) is 5.69 Å². The predicted molar refractivity (Wildman–Crippen MR) is 91.7 cm³/mol. The molecule has 2 rings (SSSR count). The lowest BCUT2D eigenvalue weighted by Gasteiger charge is -2.31. The Bertz CT molecular complexity index is 615. The monoisotopic (exact) mass is 296 g/mol. The molecule has 2 aromatic rings. The SMILES string of the molecule is C[Si](C)(C)N(N=Cc1ccc(C=O)cc1)c1ccccc1. The van der Waals surface area contributed by atoms with Crippen LogP contribution in [-0.4, -0.2) is 20.7 Å². The molecule has 0 radical (unpaired) electrons. The van der Waals surface area contributed by atoms with E-state index in [0.29, 0.717) is 5.56 Å². The number of anilines is 1. The van der Waals surface area contributed by atoms with Crippen molar-refractivity contribution in [2.75, 3.05) is 4.67 Å². The van der Waals surface area contributed by atoms with Crippen LogP contribution in [0, 0.1) is 0 Å². The maximum atomic E-state index is 10.7. The highest BCUT2D eigenvalue weighted by Crippen LogP contribution is 2.21. The first-order valence-corrected chi connectivity index (χ1v) is 10.4. The number of hydrazone groups is 1. The van der Waals surface area contributed by atoms with E-state index < -0.39 is 8.24 Å². The molecule has 3 nitrogen and oxygen atoms in total. The summed E-state index contributed by atoms with van der Waals surface area (Å²) in [6.45, 7) is 6.77. The van der Waals surface area contributed by atoms with Crippen molar-refractivity contribution < 1.29 is 4.79 Å². The Hall–Kier alpha value is -2.20. The molecule has 0 aliphatic heterocycles. The van der Waals surface area contributed by atoms with Gasteiger partial charge >= 0.3 is 0 Å². The molecule has 0 amide bonds. The normalized spacial score (nSPS) is 11.6. The van der Waals surface area contributed by atoms with E-state index in [1.54, 1.807) is 12.1 Å². The van der Waals surface area contributed by atoms with Gasteiger partial charge in [0.2, 0.25) is 0 Å². The smallest absolute Gasteiger partial charge is 0.176 e. The molecule has 4 heteroatoms. The standard InChI is InChI=1S/C17H20N2OSi/c1-21(2,3)19(17-7-5-4-6-8-17)18-13-15-9-11-16(14-20)12-10-15/h4-14H,1-3H3. The van der Waals surface area contributed by atoms with E-state index >= 15 is 0 Å². The van der Waals surface area contributed by atoms with Gasteiger partial charge in [-0.05, 0) is 37.3 Å². The second-order valence-corrected chi connectivity index (χ2v) is 10.6. The molecular weight excluding hydrogens is 276 g/mol. The molecule has 2 aromatic carbocycles. The fraction of sp³-hybridized carbons (Fsp3) is 0.176. The lowest BCUT2D eigenvalue weighted by atomic mass is 10.2. The summed E-state index contributed by atoms with van der Waals surface area (Å²) in [4.78, 5) is 10.7. The highest BCUT2D eigenvalue weighted by atomic mass is 28.3. The second-order valence-electron chi connectivity index (χ2n) is 5.85. The molecule has 0 fully saturated rings.